The molecule has 1 aliphatic carbocycles. The molecule has 0 radical (unpaired) electrons. The number of nitrogens with zero attached hydrogens (tertiary/aromatic N) is 2. The molecule has 0 spiro atoms. The third kappa shape index (κ3) is 3.00. The summed E-state index contributed by atoms with van der Waals surface area (Å²) < 4.78 is 0. The molecule has 1 aliphatic rings. The van der Waals surface area contributed by atoms with E-state index < -0.39 is 16.8 Å². The third-order valence-electron chi connectivity index (χ3n) is 2.76. The van der Waals surface area contributed by atoms with Crippen molar-refractivity contribution in [2.75, 3.05) is 5.32 Å². The molecule has 2 rings (SSSR count). The molecular formula is C11H10ClN3O4. The Hall–Kier alpha value is -2.15. The average molecular weight is 284 g/mol. The fraction of sp³-hybridized carbons (Fsp3) is 0.273. The summed E-state index contributed by atoms with van der Waals surface area (Å²) in [6.07, 6.45) is 4.81. The highest BCUT2D eigenvalue weighted by Gasteiger charge is 2.25. The predicted octanol–water partition coefficient (Wildman–Crippen LogP) is 2.08. The molecule has 1 aromatic rings. The number of pyridine rings is 1. The van der Waals surface area contributed by atoms with Crippen molar-refractivity contribution >= 4 is 29.1 Å². The van der Waals surface area contributed by atoms with Crippen LogP contribution in [0.3, 0.4) is 0 Å². The molecule has 8 heteroatoms. The molecule has 1 aromatic heterocycles. The van der Waals surface area contributed by atoms with Crippen LogP contribution in [0, 0.1) is 16.0 Å². The van der Waals surface area contributed by atoms with Gasteiger partial charge in [-0.15, -0.1) is 0 Å². The van der Waals surface area contributed by atoms with E-state index in [2.05, 4.69) is 10.3 Å². The summed E-state index contributed by atoms with van der Waals surface area (Å²) in [4.78, 5) is 24.6. The molecule has 0 bridgehead atoms. The van der Waals surface area contributed by atoms with Gasteiger partial charge in [0.1, 0.15) is 12.0 Å². The lowest BCUT2D eigenvalue weighted by atomic mass is 10.1. The second kappa shape index (κ2) is 5.23. The monoisotopic (exact) mass is 283 g/mol. The predicted molar refractivity (Wildman–Crippen MR) is 68.2 cm³/mol. The standard InChI is InChI=1S/C11H10ClN3O4/c12-9-4-8(15(18)19)5-13-10(9)14-7-2-1-6(3-7)11(16)17/h1-2,4-7H,3H2,(H,13,14)(H,16,17). The number of carboxylic acids is 1. The van der Waals surface area contributed by atoms with Crippen LogP contribution in [-0.4, -0.2) is 27.0 Å². The SMILES string of the molecule is O=C(O)C1C=CC(Nc2ncc([N+](=O)[O-])cc2Cl)C1. The zero-order chi connectivity index (χ0) is 14.0. The highest BCUT2D eigenvalue weighted by Crippen LogP contribution is 2.27. The fourth-order valence-electron chi connectivity index (χ4n) is 1.80. The van der Waals surface area contributed by atoms with Crippen LogP contribution in [0.2, 0.25) is 5.02 Å². The molecule has 2 N–H and O–H groups in total. The van der Waals surface area contributed by atoms with Crippen LogP contribution in [0.25, 0.3) is 0 Å². The summed E-state index contributed by atoms with van der Waals surface area (Å²) in [5.74, 6) is -1.12. The zero-order valence-electron chi connectivity index (χ0n) is 9.62. The minimum absolute atomic E-state index is 0.126. The third-order valence-corrected chi connectivity index (χ3v) is 3.05. The van der Waals surface area contributed by atoms with Gasteiger partial charge < -0.3 is 10.4 Å². The first kappa shape index (κ1) is 13.3. The van der Waals surface area contributed by atoms with Crippen molar-refractivity contribution in [3.63, 3.8) is 0 Å². The summed E-state index contributed by atoms with van der Waals surface area (Å²) in [5, 5.41) is 22.5. The summed E-state index contributed by atoms with van der Waals surface area (Å²) in [6, 6.07) is 0.997. The summed E-state index contributed by atoms with van der Waals surface area (Å²) in [6.45, 7) is 0. The molecular weight excluding hydrogens is 274 g/mol. The maximum atomic E-state index is 10.8. The molecule has 0 aliphatic heterocycles. The molecule has 2 atom stereocenters. The van der Waals surface area contributed by atoms with Gasteiger partial charge in [0.25, 0.3) is 5.69 Å². The van der Waals surface area contributed by atoms with E-state index in [1.165, 1.54) is 6.07 Å². The molecule has 7 nitrogen and oxygen atoms in total. The van der Waals surface area contributed by atoms with Crippen LogP contribution in [-0.2, 0) is 4.79 Å². The van der Waals surface area contributed by atoms with E-state index in [4.69, 9.17) is 16.7 Å². The Bertz CT molecular complexity index is 561. The Morgan fingerprint density at radius 2 is 2.32 bits per heavy atom. The van der Waals surface area contributed by atoms with Gasteiger partial charge in [-0.2, -0.15) is 0 Å². The van der Waals surface area contributed by atoms with Crippen LogP contribution in [0.15, 0.2) is 24.4 Å². The molecule has 1 heterocycles. The Labute approximate surface area is 113 Å². The van der Waals surface area contributed by atoms with E-state index in [9.17, 15) is 14.9 Å². The Kier molecular flexibility index (Phi) is 3.66. The second-order valence-corrected chi connectivity index (χ2v) is 4.50. The number of nitro groups is 1. The number of anilines is 1. The Balaban J connectivity index is 2.07. The van der Waals surface area contributed by atoms with Crippen molar-refractivity contribution < 1.29 is 14.8 Å². The Morgan fingerprint density at radius 3 is 2.84 bits per heavy atom. The van der Waals surface area contributed by atoms with Crippen molar-refractivity contribution in [3.8, 4) is 0 Å². The van der Waals surface area contributed by atoms with Crippen molar-refractivity contribution in [2.45, 2.75) is 12.5 Å². The molecule has 0 aromatic carbocycles. The number of aliphatic carboxylic acids is 1. The largest absolute Gasteiger partial charge is 0.481 e. The lowest BCUT2D eigenvalue weighted by Gasteiger charge is -2.13. The van der Waals surface area contributed by atoms with Gasteiger partial charge in [0.2, 0.25) is 0 Å². The van der Waals surface area contributed by atoms with Crippen molar-refractivity contribution in [3.05, 3.63) is 39.6 Å². The van der Waals surface area contributed by atoms with Crippen molar-refractivity contribution in [2.24, 2.45) is 5.92 Å². The number of aromatic nitrogens is 1. The van der Waals surface area contributed by atoms with Gasteiger partial charge in [0.15, 0.2) is 0 Å². The van der Waals surface area contributed by atoms with Crippen LogP contribution in [0.1, 0.15) is 6.42 Å². The quantitative estimate of drug-likeness (QED) is 0.498. The minimum atomic E-state index is -0.886. The van der Waals surface area contributed by atoms with Gasteiger partial charge in [-0.25, -0.2) is 4.98 Å². The molecule has 0 saturated carbocycles. The summed E-state index contributed by atoms with van der Waals surface area (Å²) in [7, 11) is 0. The Morgan fingerprint density at radius 1 is 1.58 bits per heavy atom. The first-order chi connectivity index (χ1) is 8.97. The topological polar surface area (TPSA) is 105 Å². The lowest BCUT2D eigenvalue weighted by molar-refractivity contribution is -0.385. The van der Waals surface area contributed by atoms with E-state index in [0.29, 0.717) is 12.2 Å². The minimum Gasteiger partial charge on any atom is -0.481 e. The van der Waals surface area contributed by atoms with Gasteiger partial charge >= 0.3 is 5.97 Å². The number of rotatable bonds is 4. The van der Waals surface area contributed by atoms with E-state index >= 15 is 0 Å². The molecule has 19 heavy (non-hydrogen) atoms. The number of carbonyl (C=O) groups is 1. The van der Waals surface area contributed by atoms with E-state index in [1.54, 1.807) is 12.2 Å². The highest BCUT2D eigenvalue weighted by atomic mass is 35.5. The van der Waals surface area contributed by atoms with Crippen molar-refractivity contribution in [1.82, 2.24) is 4.98 Å². The highest BCUT2D eigenvalue weighted by molar-refractivity contribution is 6.33. The van der Waals surface area contributed by atoms with Crippen molar-refractivity contribution in [1.29, 1.82) is 0 Å². The maximum absolute atomic E-state index is 10.8. The summed E-state index contributed by atoms with van der Waals surface area (Å²) >= 11 is 5.88. The average Bonchev–Trinajstić information content (AvgIpc) is 2.80. The molecule has 0 amide bonds. The van der Waals surface area contributed by atoms with Gasteiger partial charge in [-0.05, 0) is 6.42 Å². The van der Waals surface area contributed by atoms with E-state index in [1.807, 2.05) is 0 Å². The van der Waals surface area contributed by atoms with E-state index in [-0.39, 0.29) is 16.8 Å². The molecule has 2 unspecified atom stereocenters. The van der Waals surface area contributed by atoms with E-state index in [0.717, 1.165) is 6.20 Å². The first-order valence-corrected chi connectivity index (χ1v) is 5.83. The van der Waals surface area contributed by atoms with Crippen LogP contribution < -0.4 is 5.32 Å². The number of hydrogen-bond acceptors (Lipinski definition) is 5. The van der Waals surface area contributed by atoms with Crippen LogP contribution in [0.4, 0.5) is 11.5 Å². The number of halogens is 1. The van der Waals surface area contributed by atoms with Gasteiger partial charge in [0.05, 0.1) is 15.9 Å². The summed E-state index contributed by atoms with van der Waals surface area (Å²) in [5.41, 5.74) is -0.194. The van der Waals surface area contributed by atoms with Gasteiger partial charge in [0, 0.05) is 12.1 Å². The lowest BCUT2D eigenvalue weighted by Crippen LogP contribution is -2.19. The number of carboxylic acid groups (broad SMARTS) is 1. The van der Waals surface area contributed by atoms with Crippen LogP contribution in [0.5, 0.6) is 0 Å². The van der Waals surface area contributed by atoms with Gasteiger partial charge in [-0.3, -0.25) is 14.9 Å². The normalized spacial score (nSPS) is 21.3. The smallest absolute Gasteiger partial charge is 0.310 e. The second-order valence-electron chi connectivity index (χ2n) is 4.10. The first-order valence-electron chi connectivity index (χ1n) is 5.45. The maximum Gasteiger partial charge on any atom is 0.310 e. The number of nitrogens with one attached hydrogen (secondary N) is 1. The molecule has 0 saturated heterocycles. The van der Waals surface area contributed by atoms with Gasteiger partial charge in [-0.1, -0.05) is 23.8 Å². The molecule has 100 valence electrons. The fourth-order valence-corrected chi connectivity index (χ4v) is 2.01. The zero-order valence-corrected chi connectivity index (χ0v) is 10.4. The molecule has 0 fully saturated rings. The van der Waals surface area contributed by atoms with Crippen LogP contribution >= 0.6 is 11.6 Å². The number of hydrogen-bond donors (Lipinski definition) is 2.